The van der Waals surface area contributed by atoms with Gasteiger partial charge in [-0.25, -0.2) is 0 Å². The van der Waals surface area contributed by atoms with Gasteiger partial charge in [0, 0.05) is 44.6 Å². The molecule has 0 bridgehead atoms. The summed E-state index contributed by atoms with van der Waals surface area (Å²) in [5, 5.41) is 5.66. The first-order valence-corrected chi connectivity index (χ1v) is 10.00. The number of nitrogens with zero attached hydrogens (tertiary/aromatic N) is 2. The highest BCUT2D eigenvalue weighted by Gasteiger charge is 2.26. The van der Waals surface area contributed by atoms with E-state index in [-0.39, 0.29) is 36.2 Å². The van der Waals surface area contributed by atoms with Gasteiger partial charge in [-0.05, 0) is 26.2 Å². The molecule has 1 saturated heterocycles. The van der Waals surface area contributed by atoms with Crippen molar-refractivity contribution < 1.29 is 14.4 Å². The van der Waals surface area contributed by atoms with E-state index in [0.29, 0.717) is 32.6 Å². The van der Waals surface area contributed by atoms with Crippen molar-refractivity contribution >= 4 is 17.7 Å². The van der Waals surface area contributed by atoms with E-state index in [0.717, 1.165) is 38.6 Å². The number of hydrogen-bond donors (Lipinski definition) is 2. The van der Waals surface area contributed by atoms with Crippen LogP contribution in [0.4, 0.5) is 0 Å². The number of carbonyl (C=O) groups excluding carboxylic acids is 3. The third-order valence-corrected chi connectivity index (χ3v) is 5.29. The SMILES string of the molecule is C#CCNC(=O)CN1CCCN(C(=O)CC(C)NC(=O)C2CCCC2)CC1. The van der Waals surface area contributed by atoms with Gasteiger partial charge in [-0.3, -0.25) is 19.3 Å². The Morgan fingerprint density at radius 2 is 1.85 bits per heavy atom. The highest BCUT2D eigenvalue weighted by atomic mass is 16.2. The van der Waals surface area contributed by atoms with Crippen LogP contribution in [0.15, 0.2) is 0 Å². The van der Waals surface area contributed by atoms with E-state index in [1.54, 1.807) is 0 Å². The van der Waals surface area contributed by atoms with Crippen molar-refractivity contribution in [3.63, 3.8) is 0 Å². The highest BCUT2D eigenvalue weighted by Crippen LogP contribution is 2.24. The lowest BCUT2D eigenvalue weighted by atomic mass is 10.1. The van der Waals surface area contributed by atoms with Crippen molar-refractivity contribution in [1.82, 2.24) is 20.4 Å². The lowest BCUT2D eigenvalue weighted by Crippen LogP contribution is -2.42. The largest absolute Gasteiger partial charge is 0.353 e. The van der Waals surface area contributed by atoms with Gasteiger partial charge in [0.1, 0.15) is 0 Å². The van der Waals surface area contributed by atoms with Gasteiger partial charge in [-0.15, -0.1) is 6.42 Å². The number of hydrogen-bond acceptors (Lipinski definition) is 4. The summed E-state index contributed by atoms with van der Waals surface area (Å²) >= 11 is 0. The second-order valence-corrected chi connectivity index (χ2v) is 7.59. The summed E-state index contributed by atoms with van der Waals surface area (Å²) in [6.07, 6.45) is 10.5. The minimum atomic E-state index is -0.153. The monoisotopic (exact) mass is 376 g/mol. The van der Waals surface area contributed by atoms with Crippen LogP contribution in [-0.4, -0.2) is 72.8 Å². The average Bonchev–Trinajstić information content (AvgIpc) is 3.07. The van der Waals surface area contributed by atoms with Crippen LogP contribution < -0.4 is 10.6 Å². The van der Waals surface area contributed by atoms with Gasteiger partial charge in [0.2, 0.25) is 17.7 Å². The first-order valence-electron chi connectivity index (χ1n) is 10.00. The zero-order valence-corrected chi connectivity index (χ0v) is 16.3. The van der Waals surface area contributed by atoms with Crippen LogP contribution in [0.1, 0.15) is 45.4 Å². The molecule has 7 heteroatoms. The Labute approximate surface area is 162 Å². The molecule has 3 amide bonds. The molecule has 0 radical (unpaired) electrons. The molecule has 2 fully saturated rings. The molecule has 0 spiro atoms. The lowest BCUT2D eigenvalue weighted by molar-refractivity contribution is -0.132. The molecule has 2 aliphatic rings. The summed E-state index contributed by atoms with van der Waals surface area (Å²) in [7, 11) is 0. The van der Waals surface area contributed by atoms with E-state index in [2.05, 4.69) is 16.6 Å². The first kappa shape index (κ1) is 21.2. The second kappa shape index (κ2) is 10.9. The van der Waals surface area contributed by atoms with E-state index >= 15 is 0 Å². The third-order valence-electron chi connectivity index (χ3n) is 5.29. The number of terminal acetylenes is 1. The summed E-state index contributed by atoms with van der Waals surface area (Å²) in [6, 6.07) is -0.153. The maximum Gasteiger partial charge on any atom is 0.234 e. The van der Waals surface area contributed by atoms with Gasteiger partial charge in [-0.1, -0.05) is 18.8 Å². The molecule has 150 valence electrons. The molecule has 1 unspecified atom stereocenters. The van der Waals surface area contributed by atoms with Gasteiger partial charge in [0.15, 0.2) is 0 Å². The van der Waals surface area contributed by atoms with Crippen LogP contribution in [0, 0.1) is 18.3 Å². The Morgan fingerprint density at radius 1 is 1.11 bits per heavy atom. The maximum absolute atomic E-state index is 12.6. The Balaban J connectivity index is 1.72. The van der Waals surface area contributed by atoms with Crippen LogP contribution in [-0.2, 0) is 14.4 Å². The molecule has 2 N–H and O–H groups in total. The first-order chi connectivity index (χ1) is 13.0. The predicted octanol–water partition coefficient (Wildman–Crippen LogP) is 0.355. The molecule has 0 aromatic heterocycles. The van der Waals surface area contributed by atoms with Gasteiger partial charge in [0.25, 0.3) is 0 Å². The van der Waals surface area contributed by atoms with Crippen molar-refractivity contribution in [1.29, 1.82) is 0 Å². The molecular formula is C20H32N4O3. The Kier molecular flexibility index (Phi) is 8.59. The zero-order chi connectivity index (χ0) is 19.6. The number of rotatable bonds is 7. The van der Waals surface area contributed by atoms with E-state index in [4.69, 9.17) is 6.42 Å². The fourth-order valence-electron chi connectivity index (χ4n) is 3.78. The van der Waals surface area contributed by atoms with Crippen molar-refractivity contribution in [3.8, 4) is 12.3 Å². The summed E-state index contributed by atoms with van der Waals surface area (Å²) in [4.78, 5) is 40.5. The Hall–Kier alpha value is -2.07. The van der Waals surface area contributed by atoms with Crippen molar-refractivity contribution in [2.24, 2.45) is 5.92 Å². The number of amides is 3. The minimum Gasteiger partial charge on any atom is -0.353 e. The van der Waals surface area contributed by atoms with E-state index in [1.165, 1.54) is 0 Å². The van der Waals surface area contributed by atoms with Crippen LogP contribution in [0.2, 0.25) is 0 Å². The normalized spacial score (nSPS) is 19.8. The van der Waals surface area contributed by atoms with Gasteiger partial charge >= 0.3 is 0 Å². The molecule has 2 rings (SSSR count). The number of carbonyl (C=O) groups is 3. The smallest absolute Gasteiger partial charge is 0.234 e. The van der Waals surface area contributed by atoms with Crippen molar-refractivity contribution in [3.05, 3.63) is 0 Å². The molecular weight excluding hydrogens is 344 g/mol. The molecule has 1 saturated carbocycles. The average molecular weight is 377 g/mol. The van der Waals surface area contributed by atoms with Crippen LogP contribution >= 0.6 is 0 Å². The molecule has 1 aliphatic heterocycles. The summed E-state index contributed by atoms with van der Waals surface area (Å²) in [5.74, 6) is 2.57. The summed E-state index contributed by atoms with van der Waals surface area (Å²) in [6.45, 7) is 5.17. The lowest BCUT2D eigenvalue weighted by Gasteiger charge is -2.24. The van der Waals surface area contributed by atoms with Crippen molar-refractivity contribution in [2.45, 2.75) is 51.5 Å². The summed E-state index contributed by atoms with van der Waals surface area (Å²) < 4.78 is 0. The summed E-state index contributed by atoms with van der Waals surface area (Å²) in [5.41, 5.74) is 0. The molecule has 0 aromatic carbocycles. The highest BCUT2D eigenvalue weighted by molar-refractivity contribution is 5.81. The third kappa shape index (κ3) is 7.22. The minimum absolute atomic E-state index is 0.0628. The van der Waals surface area contributed by atoms with Crippen LogP contribution in [0.25, 0.3) is 0 Å². The molecule has 1 atom stereocenters. The van der Waals surface area contributed by atoms with Gasteiger partial charge < -0.3 is 15.5 Å². The van der Waals surface area contributed by atoms with Crippen molar-refractivity contribution in [2.75, 3.05) is 39.3 Å². The maximum atomic E-state index is 12.6. The Bertz CT molecular complexity index is 566. The fourth-order valence-corrected chi connectivity index (χ4v) is 3.78. The molecule has 7 nitrogen and oxygen atoms in total. The fraction of sp³-hybridized carbons (Fsp3) is 0.750. The molecule has 0 aromatic rings. The second-order valence-electron chi connectivity index (χ2n) is 7.59. The van der Waals surface area contributed by atoms with E-state index in [9.17, 15) is 14.4 Å². The van der Waals surface area contributed by atoms with Gasteiger partial charge in [0.05, 0.1) is 13.1 Å². The molecule has 27 heavy (non-hydrogen) atoms. The van der Waals surface area contributed by atoms with E-state index < -0.39 is 0 Å². The van der Waals surface area contributed by atoms with E-state index in [1.807, 2.05) is 16.7 Å². The quantitative estimate of drug-likeness (QED) is 0.629. The molecule has 1 aliphatic carbocycles. The Morgan fingerprint density at radius 3 is 2.56 bits per heavy atom. The number of nitrogens with one attached hydrogen (secondary N) is 2. The predicted molar refractivity (Wildman–Crippen MR) is 104 cm³/mol. The topological polar surface area (TPSA) is 81.8 Å². The standard InChI is InChI=1S/C20H32N4O3/c1-3-9-21-18(25)15-23-10-6-11-24(13-12-23)19(26)14-16(2)22-20(27)17-7-4-5-8-17/h1,16-17H,4-15H2,2H3,(H,21,25)(H,22,27). The zero-order valence-electron chi connectivity index (χ0n) is 16.3. The molecule has 1 heterocycles. The van der Waals surface area contributed by atoms with Gasteiger partial charge in [-0.2, -0.15) is 0 Å². The van der Waals surface area contributed by atoms with Crippen LogP contribution in [0.5, 0.6) is 0 Å². The van der Waals surface area contributed by atoms with Crippen LogP contribution in [0.3, 0.4) is 0 Å².